The van der Waals surface area contributed by atoms with Crippen LogP contribution in [0.15, 0.2) is 41.1 Å². The highest BCUT2D eigenvalue weighted by Gasteiger charge is 2.01. The molecule has 2 rings (SSSR count). The summed E-state index contributed by atoms with van der Waals surface area (Å²) in [6.45, 7) is 2.61. The fourth-order valence-corrected chi connectivity index (χ4v) is 2.27. The van der Waals surface area contributed by atoms with Gasteiger partial charge in [0.05, 0.1) is 18.1 Å². The molecule has 0 aliphatic heterocycles. The Morgan fingerprint density at radius 2 is 2.33 bits per heavy atom. The average Bonchev–Trinajstić information content (AvgIpc) is 2.88. The fraction of sp³-hybridized carbons (Fsp3) is 0.308. The lowest BCUT2D eigenvalue weighted by molar-refractivity contribution is 0.412. The molecule has 1 N–H and O–H groups in total. The summed E-state index contributed by atoms with van der Waals surface area (Å²) >= 11 is 3.48. The Morgan fingerprint density at radius 3 is 3.00 bits per heavy atom. The van der Waals surface area contributed by atoms with Gasteiger partial charge >= 0.3 is 0 Å². The molecule has 96 valence electrons. The lowest BCUT2D eigenvalue weighted by Gasteiger charge is -2.08. The normalized spacial score (nSPS) is 10.6. The van der Waals surface area contributed by atoms with Crippen molar-refractivity contribution in [3.8, 4) is 5.75 Å². The molecule has 0 aliphatic rings. The number of rotatable bonds is 6. The van der Waals surface area contributed by atoms with Crippen molar-refractivity contribution >= 4 is 15.9 Å². The van der Waals surface area contributed by atoms with Gasteiger partial charge in [0.25, 0.3) is 0 Å². The highest BCUT2D eigenvalue weighted by Crippen LogP contribution is 2.25. The molecule has 0 bridgehead atoms. The van der Waals surface area contributed by atoms with Gasteiger partial charge in [-0.25, -0.2) is 0 Å². The van der Waals surface area contributed by atoms with E-state index in [-0.39, 0.29) is 0 Å². The molecule has 5 heteroatoms. The van der Waals surface area contributed by atoms with Gasteiger partial charge in [-0.1, -0.05) is 6.07 Å². The molecule has 2 aromatic rings. The molecule has 1 aromatic carbocycles. The second-order valence-electron chi connectivity index (χ2n) is 3.91. The molecule has 0 saturated heterocycles. The van der Waals surface area contributed by atoms with Crippen molar-refractivity contribution in [2.45, 2.75) is 13.1 Å². The van der Waals surface area contributed by atoms with Crippen molar-refractivity contribution in [3.63, 3.8) is 0 Å². The Kier molecular flexibility index (Phi) is 4.78. The van der Waals surface area contributed by atoms with Crippen LogP contribution in [-0.2, 0) is 13.1 Å². The summed E-state index contributed by atoms with van der Waals surface area (Å²) in [6.07, 6.45) is 3.76. The SMILES string of the molecule is COc1ccc(CNCCn2cccn2)cc1Br. The zero-order valence-electron chi connectivity index (χ0n) is 10.3. The van der Waals surface area contributed by atoms with E-state index in [9.17, 15) is 0 Å². The quantitative estimate of drug-likeness (QED) is 0.833. The fourth-order valence-electron chi connectivity index (χ4n) is 1.68. The molecule has 0 unspecified atom stereocenters. The van der Waals surface area contributed by atoms with Gasteiger partial charge in [-0.2, -0.15) is 5.10 Å². The van der Waals surface area contributed by atoms with Crippen LogP contribution in [-0.4, -0.2) is 23.4 Å². The summed E-state index contributed by atoms with van der Waals surface area (Å²) in [4.78, 5) is 0. The maximum absolute atomic E-state index is 5.20. The van der Waals surface area contributed by atoms with Gasteiger partial charge in [0.15, 0.2) is 0 Å². The van der Waals surface area contributed by atoms with Crippen molar-refractivity contribution < 1.29 is 4.74 Å². The second-order valence-corrected chi connectivity index (χ2v) is 4.77. The Bertz CT molecular complexity index is 485. The van der Waals surface area contributed by atoms with Crippen molar-refractivity contribution in [2.24, 2.45) is 0 Å². The van der Waals surface area contributed by atoms with Gasteiger partial charge in [-0.3, -0.25) is 4.68 Å². The first-order chi connectivity index (χ1) is 8.79. The first-order valence-electron chi connectivity index (χ1n) is 5.80. The topological polar surface area (TPSA) is 39.1 Å². The third-order valence-corrected chi connectivity index (χ3v) is 3.24. The molecule has 0 radical (unpaired) electrons. The Labute approximate surface area is 115 Å². The molecule has 0 aliphatic carbocycles. The van der Waals surface area contributed by atoms with Crippen molar-refractivity contribution in [1.82, 2.24) is 15.1 Å². The van der Waals surface area contributed by atoms with Crippen LogP contribution in [0, 0.1) is 0 Å². The number of hydrogen-bond acceptors (Lipinski definition) is 3. The van der Waals surface area contributed by atoms with E-state index < -0.39 is 0 Å². The number of hydrogen-bond donors (Lipinski definition) is 1. The molecule has 1 aromatic heterocycles. The minimum atomic E-state index is 0.837. The number of methoxy groups -OCH3 is 1. The molecule has 0 spiro atoms. The zero-order valence-corrected chi connectivity index (χ0v) is 11.9. The summed E-state index contributed by atoms with van der Waals surface area (Å²) in [5, 5.41) is 7.53. The van der Waals surface area contributed by atoms with Gasteiger partial charge in [0.1, 0.15) is 5.75 Å². The maximum Gasteiger partial charge on any atom is 0.133 e. The average molecular weight is 310 g/mol. The molecule has 0 saturated carbocycles. The highest BCUT2D eigenvalue weighted by molar-refractivity contribution is 9.10. The molecule has 0 fully saturated rings. The first kappa shape index (κ1) is 13.1. The molecule has 1 heterocycles. The van der Waals surface area contributed by atoms with Gasteiger partial charge < -0.3 is 10.1 Å². The molecule has 0 atom stereocenters. The molecule has 4 nitrogen and oxygen atoms in total. The maximum atomic E-state index is 5.20. The number of nitrogens with zero attached hydrogens (tertiary/aromatic N) is 2. The van der Waals surface area contributed by atoms with Crippen LogP contribution in [0.4, 0.5) is 0 Å². The van der Waals surface area contributed by atoms with Gasteiger partial charge in [-0.05, 0) is 39.7 Å². The summed E-state index contributed by atoms with van der Waals surface area (Å²) in [5.74, 6) is 0.857. The largest absolute Gasteiger partial charge is 0.496 e. The van der Waals surface area contributed by atoms with E-state index in [1.165, 1.54) is 5.56 Å². The Balaban J connectivity index is 1.78. The van der Waals surface area contributed by atoms with Gasteiger partial charge in [0.2, 0.25) is 0 Å². The van der Waals surface area contributed by atoms with Crippen LogP contribution in [0.2, 0.25) is 0 Å². The number of aromatic nitrogens is 2. The Hall–Kier alpha value is -1.33. The second kappa shape index (κ2) is 6.56. The zero-order chi connectivity index (χ0) is 12.8. The number of benzene rings is 1. The van der Waals surface area contributed by atoms with Crippen LogP contribution in [0.1, 0.15) is 5.56 Å². The van der Waals surface area contributed by atoms with E-state index in [1.54, 1.807) is 13.3 Å². The minimum Gasteiger partial charge on any atom is -0.496 e. The number of nitrogens with one attached hydrogen (secondary N) is 1. The van der Waals surface area contributed by atoms with Crippen LogP contribution < -0.4 is 10.1 Å². The molecule has 0 amide bonds. The van der Waals surface area contributed by atoms with Crippen molar-refractivity contribution in [2.75, 3.05) is 13.7 Å². The van der Waals surface area contributed by atoms with Gasteiger partial charge in [-0.15, -0.1) is 0 Å². The van der Waals surface area contributed by atoms with Crippen molar-refractivity contribution in [3.05, 3.63) is 46.7 Å². The highest BCUT2D eigenvalue weighted by atomic mass is 79.9. The van der Waals surface area contributed by atoms with E-state index in [0.717, 1.165) is 29.9 Å². The lowest BCUT2D eigenvalue weighted by Crippen LogP contribution is -2.19. The molecular formula is C13H16BrN3O. The summed E-state index contributed by atoms with van der Waals surface area (Å²) in [7, 11) is 1.67. The summed E-state index contributed by atoms with van der Waals surface area (Å²) in [6, 6.07) is 8.03. The lowest BCUT2D eigenvalue weighted by atomic mass is 10.2. The van der Waals surface area contributed by atoms with Crippen molar-refractivity contribution in [1.29, 1.82) is 0 Å². The van der Waals surface area contributed by atoms with E-state index in [0.29, 0.717) is 0 Å². The van der Waals surface area contributed by atoms with Crippen LogP contribution in [0.5, 0.6) is 5.75 Å². The smallest absolute Gasteiger partial charge is 0.133 e. The predicted octanol–water partition coefficient (Wildman–Crippen LogP) is 2.44. The Morgan fingerprint density at radius 1 is 1.44 bits per heavy atom. The summed E-state index contributed by atoms with van der Waals surface area (Å²) < 4.78 is 8.09. The van der Waals surface area contributed by atoms with Gasteiger partial charge in [0, 0.05) is 25.5 Å². The monoisotopic (exact) mass is 309 g/mol. The van der Waals surface area contributed by atoms with E-state index in [4.69, 9.17) is 4.74 Å². The van der Waals surface area contributed by atoms with E-state index in [2.05, 4.69) is 38.5 Å². The standard InChI is InChI=1S/C13H16BrN3O/c1-18-13-4-3-11(9-12(13)14)10-15-6-8-17-7-2-5-16-17/h2-5,7,9,15H,6,8,10H2,1H3. The first-order valence-corrected chi connectivity index (χ1v) is 6.59. The van der Waals surface area contributed by atoms with Crippen LogP contribution >= 0.6 is 15.9 Å². The number of ether oxygens (including phenoxy) is 1. The van der Waals surface area contributed by atoms with E-state index in [1.807, 2.05) is 23.0 Å². The minimum absolute atomic E-state index is 0.837. The van der Waals surface area contributed by atoms with Crippen LogP contribution in [0.25, 0.3) is 0 Å². The van der Waals surface area contributed by atoms with Crippen LogP contribution in [0.3, 0.4) is 0 Å². The molecule has 18 heavy (non-hydrogen) atoms. The third kappa shape index (κ3) is 3.58. The predicted molar refractivity (Wildman–Crippen MR) is 74.6 cm³/mol. The molecular weight excluding hydrogens is 294 g/mol. The summed E-state index contributed by atoms with van der Waals surface area (Å²) in [5.41, 5.74) is 1.23. The number of halogens is 1. The van der Waals surface area contributed by atoms with E-state index >= 15 is 0 Å². The third-order valence-electron chi connectivity index (χ3n) is 2.62.